The van der Waals surface area contributed by atoms with Gasteiger partial charge < -0.3 is 54.1 Å². The molecule has 16 heteroatoms. The number of aromatic nitrogens is 1. The van der Waals surface area contributed by atoms with Crippen LogP contribution in [-0.2, 0) is 23.8 Å². The van der Waals surface area contributed by atoms with E-state index in [2.05, 4.69) is 24.5 Å². The second kappa shape index (κ2) is 21.0. The molecular weight excluding hydrogens is 863 g/mol. The number of allylic oxidation sites excluding steroid dienone is 2. The molecular formula is C51H65N3O13. The van der Waals surface area contributed by atoms with Crippen molar-refractivity contribution in [3.63, 3.8) is 0 Å². The molecule has 16 nitrogen and oxygen atoms in total. The van der Waals surface area contributed by atoms with E-state index in [1.54, 1.807) is 65.0 Å². The first-order valence-corrected chi connectivity index (χ1v) is 23.0. The van der Waals surface area contributed by atoms with Crippen molar-refractivity contribution in [2.24, 2.45) is 23.7 Å². The van der Waals surface area contributed by atoms with Gasteiger partial charge in [0.1, 0.15) is 34.3 Å². The SMILES string of the molecule is CO[C@H]1/C=C/O[C@@]2(C)Oc3c(C)c(=O)c4c(O)c(c5oc6cc(OCCCCCNC(C)C)ccc6nc5c4c3C2=O)NC(=O)/C(C)=C\C=C\[C@H](C)[C@H](O)[C@@H](C)[C@@H](O)[C@@H](C)[C@H](OC(C)=O)[C@@H]1C. The maximum absolute atomic E-state index is 14.8. The van der Waals surface area contributed by atoms with Crippen LogP contribution in [0.25, 0.3) is 33.0 Å². The molecule has 1 aromatic heterocycles. The van der Waals surface area contributed by atoms with Gasteiger partial charge in [-0.2, -0.15) is 0 Å². The van der Waals surface area contributed by atoms with Crippen molar-refractivity contribution >= 4 is 56.3 Å². The predicted molar refractivity (Wildman–Crippen MR) is 254 cm³/mol. The van der Waals surface area contributed by atoms with E-state index in [1.807, 2.05) is 0 Å². The molecule has 1 amide bonds. The molecule has 6 rings (SSSR count). The molecule has 9 atom stereocenters. The van der Waals surface area contributed by atoms with Crippen LogP contribution in [0.4, 0.5) is 5.69 Å². The normalized spacial score (nSPS) is 28.0. The van der Waals surface area contributed by atoms with Gasteiger partial charge in [0.2, 0.25) is 0 Å². The van der Waals surface area contributed by atoms with Crippen LogP contribution in [0.5, 0.6) is 17.2 Å². The number of carbonyl (C=O) groups excluding carboxylic acids is 3. The van der Waals surface area contributed by atoms with Gasteiger partial charge in [0.25, 0.3) is 11.7 Å². The largest absolute Gasteiger partial charge is 0.505 e. The summed E-state index contributed by atoms with van der Waals surface area (Å²) in [6.07, 6.45) is 6.41. The second-order valence-corrected chi connectivity index (χ2v) is 18.4. The van der Waals surface area contributed by atoms with Crippen LogP contribution in [0, 0.1) is 30.6 Å². The molecule has 3 aromatic carbocycles. The molecule has 4 bridgehead atoms. The topological polar surface area (TPSA) is 225 Å². The molecule has 2 aliphatic rings. The van der Waals surface area contributed by atoms with Crippen LogP contribution in [0.3, 0.4) is 0 Å². The second-order valence-electron chi connectivity index (χ2n) is 18.4. The zero-order valence-corrected chi connectivity index (χ0v) is 40.2. The maximum atomic E-state index is 14.8. The number of ether oxygens (including phenoxy) is 5. The number of fused-ring (bicyclic) bond motifs is 2. The number of rotatable bonds is 10. The third-order valence-electron chi connectivity index (χ3n) is 12.9. The molecule has 3 heterocycles. The van der Waals surface area contributed by atoms with Crippen molar-refractivity contribution in [3.8, 4) is 17.2 Å². The first-order chi connectivity index (χ1) is 31.7. The minimum atomic E-state index is -2.05. The van der Waals surface area contributed by atoms with E-state index < -0.39 is 82.7 Å². The molecule has 0 radical (unpaired) electrons. The van der Waals surface area contributed by atoms with Gasteiger partial charge in [-0.05, 0) is 57.9 Å². The Bertz CT molecular complexity index is 2670. The number of hydrogen-bond acceptors (Lipinski definition) is 15. The molecule has 67 heavy (non-hydrogen) atoms. The van der Waals surface area contributed by atoms with E-state index in [-0.39, 0.29) is 55.6 Å². The molecule has 5 N–H and O–H groups in total. The number of phenols is 1. The van der Waals surface area contributed by atoms with E-state index in [1.165, 1.54) is 46.3 Å². The molecule has 0 aliphatic carbocycles. The zero-order chi connectivity index (χ0) is 49.1. The number of carbonyl (C=O) groups is 3. The lowest BCUT2D eigenvalue weighted by atomic mass is 9.78. The average Bonchev–Trinajstić information content (AvgIpc) is 3.55. The Kier molecular flexibility index (Phi) is 15.9. The van der Waals surface area contributed by atoms with Gasteiger partial charge in [-0.15, -0.1) is 0 Å². The number of esters is 1. The Balaban J connectivity index is 1.51. The molecule has 0 fully saturated rings. The predicted octanol–water partition coefficient (Wildman–Crippen LogP) is 7.54. The number of ketones is 1. The fourth-order valence-electron chi connectivity index (χ4n) is 8.86. The number of phenolic OH excluding ortho intramolecular Hbond substituents is 1. The van der Waals surface area contributed by atoms with E-state index >= 15 is 0 Å². The van der Waals surface area contributed by atoms with Gasteiger partial charge in [-0.25, -0.2) is 4.98 Å². The lowest BCUT2D eigenvalue weighted by Crippen LogP contribution is -2.46. The summed E-state index contributed by atoms with van der Waals surface area (Å²) in [4.78, 5) is 60.4. The third kappa shape index (κ3) is 10.5. The van der Waals surface area contributed by atoms with Gasteiger partial charge in [-0.1, -0.05) is 59.8 Å². The van der Waals surface area contributed by atoms with Crippen LogP contribution in [0.1, 0.15) is 97.5 Å². The van der Waals surface area contributed by atoms with Crippen molar-refractivity contribution < 1.29 is 57.8 Å². The first kappa shape index (κ1) is 50.6. The van der Waals surface area contributed by atoms with Gasteiger partial charge in [0, 0.05) is 73.3 Å². The molecule has 0 saturated heterocycles. The van der Waals surface area contributed by atoms with Crippen LogP contribution in [-0.4, -0.2) is 94.5 Å². The number of aromatic hydroxyl groups is 1. The fraction of sp³-hybridized carbons (Fsp3) is 0.510. The number of anilines is 1. The lowest BCUT2D eigenvalue weighted by molar-refractivity contribution is -0.160. The van der Waals surface area contributed by atoms with E-state index in [0.717, 1.165) is 25.8 Å². The minimum Gasteiger partial charge on any atom is -0.505 e. The van der Waals surface area contributed by atoms with E-state index in [9.17, 15) is 34.5 Å². The average molecular weight is 928 g/mol. The summed E-state index contributed by atoms with van der Waals surface area (Å²) in [5.41, 5.74) is -0.467. The highest BCUT2D eigenvalue weighted by Gasteiger charge is 2.49. The summed E-state index contributed by atoms with van der Waals surface area (Å²) in [5, 5.41) is 40.9. The van der Waals surface area contributed by atoms with Gasteiger partial charge >= 0.3 is 11.8 Å². The number of benzene rings is 3. The van der Waals surface area contributed by atoms with Crippen molar-refractivity contribution in [3.05, 3.63) is 75.7 Å². The van der Waals surface area contributed by atoms with Crippen molar-refractivity contribution in [1.82, 2.24) is 10.3 Å². The quantitative estimate of drug-likeness (QED) is 0.0340. The Morgan fingerprint density at radius 3 is 2.40 bits per heavy atom. The first-order valence-electron chi connectivity index (χ1n) is 23.0. The van der Waals surface area contributed by atoms with Crippen molar-refractivity contribution in [2.75, 3.05) is 25.6 Å². The number of nitrogens with one attached hydrogen (secondary N) is 2. The summed E-state index contributed by atoms with van der Waals surface area (Å²) < 4.78 is 36.4. The van der Waals surface area contributed by atoms with Crippen LogP contribution < -0.4 is 25.5 Å². The van der Waals surface area contributed by atoms with Crippen LogP contribution in [0.2, 0.25) is 0 Å². The highest BCUT2D eigenvalue weighted by Crippen LogP contribution is 2.48. The minimum absolute atomic E-state index is 0.00721. The maximum Gasteiger partial charge on any atom is 0.312 e. The number of aliphatic hydroxyl groups excluding tert-OH is 2. The highest BCUT2D eigenvalue weighted by molar-refractivity contribution is 6.26. The number of nitrogens with zero attached hydrogens (tertiary/aromatic N) is 1. The number of aliphatic hydroxyl groups is 2. The number of Topliss-reactive ketones (excluding diaryl/α,β-unsaturated/α-hetero) is 1. The fourth-order valence-corrected chi connectivity index (χ4v) is 8.86. The summed E-state index contributed by atoms with van der Waals surface area (Å²) >= 11 is 0. The molecule has 2 aliphatic heterocycles. The lowest BCUT2D eigenvalue weighted by Gasteiger charge is -2.38. The Hall–Kier alpha value is -5.81. The molecule has 0 unspecified atom stereocenters. The van der Waals surface area contributed by atoms with Gasteiger partial charge in [0.15, 0.2) is 22.3 Å². The third-order valence-corrected chi connectivity index (χ3v) is 12.9. The number of methoxy groups -OCH3 is 1. The summed E-state index contributed by atoms with van der Waals surface area (Å²) in [5.74, 6) is -6.76. The number of amides is 1. The monoisotopic (exact) mass is 927 g/mol. The molecule has 4 aromatic rings. The number of hydrogen-bond donors (Lipinski definition) is 5. The standard InChI is InChI=1S/C51H65N3O13/c1-25(2)52-21-13-12-14-22-63-33-18-19-34-36(24-33)66-48-40(53-34)37-38-44(58)31(8)47-39(37)49(60)51(10,67-47)64-23-20-35(62-11)28(5)46(65-32(9)55)30(7)43(57)29(6)42(56)26(3)16-15-17-27(4)50(61)54-41(48)45(38)59/h15-20,23-26,28-30,35,42-43,46,52,56-57,59H,12-14,21-22H2,1-11H3,(H,54,61)/b16-15+,23-20+,27-17-/t26-,28+,29+,30+,35-,42-,43+,46+,51-/m0/s1. The Morgan fingerprint density at radius 1 is 0.985 bits per heavy atom. The molecule has 362 valence electrons. The smallest absolute Gasteiger partial charge is 0.312 e. The summed E-state index contributed by atoms with van der Waals surface area (Å²) in [7, 11) is 1.45. The van der Waals surface area contributed by atoms with Gasteiger partial charge in [-0.3, -0.25) is 19.2 Å². The van der Waals surface area contributed by atoms with Crippen molar-refractivity contribution in [1.29, 1.82) is 0 Å². The molecule has 0 spiro atoms. The Labute approximate surface area is 390 Å². The Morgan fingerprint density at radius 2 is 1.72 bits per heavy atom. The molecule has 0 saturated carbocycles. The van der Waals surface area contributed by atoms with Gasteiger partial charge in [0.05, 0.1) is 42.1 Å². The highest BCUT2D eigenvalue weighted by atomic mass is 16.7. The summed E-state index contributed by atoms with van der Waals surface area (Å²) in [6, 6.07) is 5.47. The zero-order valence-electron chi connectivity index (χ0n) is 40.2. The van der Waals surface area contributed by atoms with E-state index in [4.69, 9.17) is 33.1 Å². The van der Waals surface area contributed by atoms with Crippen LogP contribution >= 0.6 is 0 Å². The summed E-state index contributed by atoms with van der Waals surface area (Å²) in [6.45, 7) is 18.2. The number of unbranched alkanes of at least 4 members (excludes halogenated alkanes) is 2. The van der Waals surface area contributed by atoms with Crippen LogP contribution in [0.15, 0.2) is 63.6 Å². The van der Waals surface area contributed by atoms with E-state index in [0.29, 0.717) is 23.9 Å². The van der Waals surface area contributed by atoms with Crippen molar-refractivity contribution in [2.45, 2.75) is 125 Å².